The van der Waals surface area contributed by atoms with Crippen molar-refractivity contribution in [1.82, 2.24) is 10.2 Å². The topological polar surface area (TPSA) is 64.7 Å². The molecule has 0 saturated carbocycles. The maximum atomic E-state index is 12.7. The highest BCUT2D eigenvalue weighted by Crippen LogP contribution is 2.22. The van der Waals surface area contributed by atoms with Crippen LogP contribution >= 0.6 is 0 Å². The van der Waals surface area contributed by atoms with E-state index in [1.807, 2.05) is 43.3 Å². The molecule has 0 bridgehead atoms. The van der Waals surface area contributed by atoms with Crippen LogP contribution < -0.4 is 15.5 Å². The molecular formula is C29H34N4O2. The van der Waals surface area contributed by atoms with Crippen LogP contribution in [-0.4, -0.2) is 42.9 Å². The molecule has 0 aromatic heterocycles. The zero-order chi connectivity index (χ0) is 24.6. The molecule has 1 atom stereocenters. The second-order valence-corrected chi connectivity index (χ2v) is 9.21. The minimum absolute atomic E-state index is 0.133. The second-order valence-electron chi connectivity index (χ2n) is 9.21. The van der Waals surface area contributed by atoms with E-state index in [-0.39, 0.29) is 24.3 Å². The maximum Gasteiger partial charge on any atom is 0.226 e. The van der Waals surface area contributed by atoms with Crippen molar-refractivity contribution in [3.8, 4) is 0 Å². The quantitative estimate of drug-likeness (QED) is 0.508. The predicted octanol–water partition coefficient (Wildman–Crippen LogP) is 4.52. The summed E-state index contributed by atoms with van der Waals surface area (Å²) in [4.78, 5) is 29.3. The van der Waals surface area contributed by atoms with Gasteiger partial charge in [0.2, 0.25) is 11.8 Å². The van der Waals surface area contributed by atoms with Gasteiger partial charge in [-0.2, -0.15) is 0 Å². The van der Waals surface area contributed by atoms with Crippen LogP contribution in [0.3, 0.4) is 0 Å². The van der Waals surface area contributed by atoms with Crippen molar-refractivity contribution in [2.45, 2.75) is 32.9 Å². The number of aryl methyl sites for hydroxylation is 1. The Morgan fingerprint density at radius 2 is 1.51 bits per heavy atom. The smallest absolute Gasteiger partial charge is 0.226 e. The van der Waals surface area contributed by atoms with Crippen molar-refractivity contribution < 1.29 is 9.59 Å². The van der Waals surface area contributed by atoms with Crippen molar-refractivity contribution >= 4 is 23.2 Å². The lowest BCUT2D eigenvalue weighted by molar-refractivity contribution is -0.120. The number of amides is 2. The van der Waals surface area contributed by atoms with Crippen molar-refractivity contribution in [2.24, 2.45) is 0 Å². The van der Waals surface area contributed by atoms with Crippen molar-refractivity contribution in [2.75, 3.05) is 36.4 Å². The van der Waals surface area contributed by atoms with Crippen molar-refractivity contribution in [3.63, 3.8) is 0 Å². The number of hydrogen-bond acceptors (Lipinski definition) is 4. The van der Waals surface area contributed by atoms with Gasteiger partial charge in [0, 0.05) is 51.0 Å². The number of anilines is 2. The van der Waals surface area contributed by atoms with Gasteiger partial charge in [0.1, 0.15) is 0 Å². The summed E-state index contributed by atoms with van der Waals surface area (Å²) in [5.41, 5.74) is 5.33. The molecule has 2 N–H and O–H groups in total. The average Bonchev–Trinajstić information content (AvgIpc) is 2.85. The number of hydrogen-bond donors (Lipinski definition) is 2. The second kappa shape index (κ2) is 11.7. The number of piperazine rings is 1. The Hall–Kier alpha value is -3.64. The average molecular weight is 471 g/mol. The molecule has 1 unspecified atom stereocenters. The van der Waals surface area contributed by atoms with Crippen LogP contribution in [0.25, 0.3) is 0 Å². The molecule has 6 heteroatoms. The molecule has 1 aliphatic heterocycles. The molecule has 0 aliphatic carbocycles. The normalized spacial score (nSPS) is 14.9. The van der Waals surface area contributed by atoms with Crippen LogP contribution in [0.15, 0.2) is 78.9 Å². The number of rotatable bonds is 8. The molecule has 35 heavy (non-hydrogen) atoms. The highest BCUT2D eigenvalue weighted by Gasteiger charge is 2.19. The first kappa shape index (κ1) is 24.5. The summed E-state index contributed by atoms with van der Waals surface area (Å²) in [6.45, 7) is 8.48. The Bertz CT molecular complexity index is 1110. The fourth-order valence-electron chi connectivity index (χ4n) is 4.46. The van der Waals surface area contributed by atoms with Crippen molar-refractivity contribution in [1.29, 1.82) is 0 Å². The van der Waals surface area contributed by atoms with E-state index in [1.165, 1.54) is 12.5 Å². The summed E-state index contributed by atoms with van der Waals surface area (Å²) in [6, 6.07) is 26.1. The fourth-order valence-corrected chi connectivity index (χ4v) is 4.46. The Balaban J connectivity index is 1.29. The van der Waals surface area contributed by atoms with E-state index in [1.54, 1.807) is 0 Å². The first-order valence-electron chi connectivity index (χ1n) is 12.2. The maximum absolute atomic E-state index is 12.7. The van der Waals surface area contributed by atoms with Gasteiger partial charge in [0.25, 0.3) is 0 Å². The number of nitrogens with one attached hydrogen (secondary N) is 2. The lowest BCUT2D eigenvalue weighted by Gasteiger charge is -2.36. The molecule has 1 saturated heterocycles. The predicted molar refractivity (Wildman–Crippen MR) is 141 cm³/mol. The van der Waals surface area contributed by atoms with Crippen molar-refractivity contribution in [3.05, 3.63) is 95.6 Å². The number of carbonyl (C=O) groups excluding carboxylic acids is 2. The third-order valence-electron chi connectivity index (χ3n) is 6.38. The third-order valence-corrected chi connectivity index (χ3v) is 6.38. The van der Waals surface area contributed by atoms with Crippen LogP contribution in [0.4, 0.5) is 11.4 Å². The lowest BCUT2D eigenvalue weighted by atomic mass is 10.0. The summed E-state index contributed by atoms with van der Waals surface area (Å²) in [6.07, 6.45) is 0.174. The molecule has 4 rings (SSSR count). The van der Waals surface area contributed by atoms with E-state index in [2.05, 4.69) is 62.9 Å². The van der Waals surface area contributed by atoms with Gasteiger partial charge in [-0.25, -0.2) is 0 Å². The molecule has 0 spiro atoms. The van der Waals surface area contributed by atoms with E-state index in [0.29, 0.717) is 0 Å². The lowest BCUT2D eigenvalue weighted by Crippen LogP contribution is -2.45. The summed E-state index contributed by atoms with van der Waals surface area (Å²) < 4.78 is 0. The summed E-state index contributed by atoms with van der Waals surface area (Å²) in [7, 11) is 0. The molecule has 3 aromatic rings. The number of carbonyl (C=O) groups is 2. The third kappa shape index (κ3) is 7.17. The van der Waals surface area contributed by atoms with E-state index in [0.717, 1.165) is 55.2 Å². The first-order chi connectivity index (χ1) is 17.0. The van der Waals surface area contributed by atoms with E-state index < -0.39 is 0 Å². The van der Waals surface area contributed by atoms with E-state index >= 15 is 0 Å². The van der Waals surface area contributed by atoms with Gasteiger partial charge in [-0.15, -0.1) is 0 Å². The Kier molecular flexibility index (Phi) is 8.16. The SMILES string of the molecule is CC(=O)NC(CC(=O)Nc1ccc(N2CCN(Cc3ccccc3)CC2)cc1)c1ccc(C)cc1. The number of benzene rings is 3. The van der Waals surface area contributed by atoms with E-state index in [9.17, 15) is 9.59 Å². The Labute approximate surface area is 207 Å². The minimum atomic E-state index is -0.362. The van der Waals surface area contributed by atoms with Gasteiger partial charge in [0.15, 0.2) is 0 Å². The molecule has 1 fully saturated rings. The summed E-state index contributed by atoms with van der Waals surface area (Å²) in [5.74, 6) is -0.289. The molecule has 2 amide bonds. The van der Waals surface area contributed by atoms with Crippen LogP contribution in [0.2, 0.25) is 0 Å². The summed E-state index contributed by atoms with van der Waals surface area (Å²) >= 11 is 0. The monoisotopic (exact) mass is 470 g/mol. The van der Waals surface area contributed by atoms with Gasteiger partial charge >= 0.3 is 0 Å². The highest BCUT2D eigenvalue weighted by molar-refractivity contribution is 5.91. The molecule has 0 radical (unpaired) electrons. The van der Waals surface area contributed by atoms with Crippen LogP contribution in [-0.2, 0) is 16.1 Å². The zero-order valence-electron chi connectivity index (χ0n) is 20.5. The van der Waals surface area contributed by atoms with Crippen LogP contribution in [0.1, 0.15) is 36.1 Å². The highest BCUT2D eigenvalue weighted by atomic mass is 16.2. The van der Waals surface area contributed by atoms with E-state index in [4.69, 9.17) is 0 Å². The largest absolute Gasteiger partial charge is 0.369 e. The molecule has 6 nitrogen and oxygen atoms in total. The molecular weight excluding hydrogens is 436 g/mol. The van der Waals surface area contributed by atoms with Gasteiger partial charge in [-0.3, -0.25) is 14.5 Å². The fraction of sp³-hybridized carbons (Fsp3) is 0.310. The van der Waals surface area contributed by atoms with Crippen LogP contribution in [0, 0.1) is 6.92 Å². The standard InChI is InChI=1S/C29H34N4O2/c1-22-8-10-25(11-9-22)28(30-23(2)34)20-29(35)31-26-12-14-27(15-13-26)33-18-16-32(17-19-33)21-24-6-4-3-5-7-24/h3-15,28H,16-21H2,1-2H3,(H,30,34)(H,31,35). The Morgan fingerprint density at radius 3 is 2.14 bits per heavy atom. The van der Waals surface area contributed by atoms with Gasteiger partial charge in [0.05, 0.1) is 12.5 Å². The number of nitrogens with zero attached hydrogens (tertiary/aromatic N) is 2. The first-order valence-corrected chi connectivity index (χ1v) is 12.2. The molecule has 1 aliphatic rings. The molecule has 1 heterocycles. The van der Waals surface area contributed by atoms with Gasteiger partial charge in [-0.05, 0) is 42.3 Å². The summed E-state index contributed by atoms with van der Waals surface area (Å²) in [5, 5.41) is 5.87. The van der Waals surface area contributed by atoms with Gasteiger partial charge in [-0.1, -0.05) is 60.2 Å². The van der Waals surface area contributed by atoms with Gasteiger partial charge < -0.3 is 15.5 Å². The zero-order valence-corrected chi connectivity index (χ0v) is 20.5. The minimum Gasteiger partial charge on any atom is -0.369 e. The molecule has 3 aromatic carbocycles. The Morgan fingerprint density at radius 1 is 0.857 bits per heavy atom. The van der Waals surface area contributed by atoms with Crippen LogP contribution in [0.5, 0.6) is 0 Å². The molecule has 182 valence electrons.